The van der Waals surface area contributed by atoms with Crippen molar-refractivity contribution in [1.82, 2.24) is 10.2 Å². The van der Waals surface area contributed by atoms with Gasteiger partial charge in [0.25, 0.3) is 5.56 Å². The number of anilines is 1. The standard InChI is InChI=1S/C19H23N3O3/c1-13-4-2-7-16(10-13)25-12-19(24)20-15-6-3-5-14(11-15)17-8-9-18(23)22-21-17/h3,5-6,8-9,11,13,16H,2,4,7,10,12H2,1H3,(H,20,24)(H,22,23)/t13-,16+/m1/s1. The fraction of sp³-hybridized carbons (Fsp3) is 0.421. The monoisotopic (exact) mass is 341 g/mol. The molecular weight excluding hydrogens is 318 g/mol. The summed E-state index contributed by atoms with van der Waals surface area (Å²) in [6, 6.07) is 10.4. The number of H-pyrrole nitrogens is 1. The Kier molecular flexibility index (Phi) is 5.60. The molecule has 1 amide bonds. The number of nitrogens with zero attached hydrogens (tertiary/aromatic N) is 1. The van der Waals surface area contributed by atoms with E-state index in [1.165, 1.54) is 18.9 Å². The first-order valence-corrected chi connectivity index (χ1v) is 8.68. The van der Waals surface area contributed by atoms with Crippen molar-refractivity contribution >= 4 is 11.6 Å². The fourth-order valence-corrected chi connectivity index (χ4v) is 3.18. The Balaban J connectivity index is 1.57. The molecule has 2 atom stereocenters. The minimum Gasteiger partial charge on any atom is -0.368 e. The largest absolute Gasteiger partial charge is 0.368 e. The Morgan fingerprint density at radius 1 is 1.32 bits per heavy atom. The molecule has 3 rings (SSSR count). The van der Waals surface area contributed by atoms with E-state index in [2.05, 4.69) is 22.4 Å². The Morgan fingerprint density at radius 2 is 2.20 bits per heavy atom. The predicted molar refractivity (Wildman–Crippen MR) is 96.3 cm³/mol. The van der Waals surface area contributed by atoms with Crippen molar-refractivity contribution in [3.8, 4) is 11.3 Å². The van der Waals surface area contributed by atoms with Crippen LogP contribution in [0.15, 0.2) is 41.2 Å². The van der Waals surface area contributed by atoms with Crippen molar-refractivity contribution in [2.45, 2.75) is 38.7 Å². The third-order valence-corrected chi connectivity index (χ3v) is 4.46. The predicted octanol–water partition coefficient (Wildman–Crippen LogP) is 2.97. The molecule has 0 bridgehead atoms. The molecule has 0 aliphatic heterocycles. The average molecular weight is 341 g/mol. The molecule has 25 heavy (non-hydrogen) atoms. The van der Waals surface area contributed by atoms with Crippen molar-refractivity contribution in [1.29, 1.82) is 0 Å². The maximum atomic E-state index is 12.1. The summed E-state index contributed by atoms with van der Waals surface area (Å²) in [6.07, 6.45) is 4.66. The average Bonchev–Trinajstić information content (AvgIpc) is 2.61. The van der Waals surface area contributed by atoms with Gasteiger partial charge in [-0.3, -0.25) is 9.59 Å². The van der Waals surface area contributed by atoms with Crippen molar-refractivity contribution in [2.24, 2.45) is 5.92 Å². The molecule has 1 aromatic carbocycles. The molecule has 1 fully saturated rings. The van der Waals surface area contributed by atoms with E-state index in [0.717, 1.165) is 18.4 Å². The molecule has 1 heterocycles. The van der Waals surface area contributed by atoms with Gasteiger partial charge in [-0.05, 0) is 37.0 Å². The first-order valence-electron chi connectivity index (χ1n) is 8.68. The number of carbonyl (C=O) groups excluding carboxylic acids is 1. The number of ether oxygens (including phenoxy) is 1. The number of hydrogen-bond donors (Lipinski definition) is 2. The zero-order valence-corrected chi connectivity index (χ0v) is 14.3. The lowest BCUT2D eigenvalue weighted by molar-refractivity contribution is -0.123. The van der Waals surface area contributed by atoms with Crippen LogP contribution in [0.2, 0.25) is 0 Å². The molecule has 0 unspecified atom stereocenters. The van der Waals surface area contributed by atoms with Gasteiger partial charge in [-0.2, -0.15) is 5.10 Å². The highest BCUT2D eigenvalue weighted by Gasteiger charge is 2.20. The minimum atomic E-state index is -0.248. The van der Waals surface area contributed by atoms with Gasteiger partial charge in [-0.1, -0.05) is 31.9 Å². The molecule has 6 heteroatoms. The third-order valence-electron chi connectivity index (χ3n) is 4.46. The second kappa shape index (κ2) is 8.07. The SMILES string of the molecule is C[C@@H]1CCC[C@H](OCC(=O)Nc2cccc(-c3ccc(=O)[nH]n3)c2)C1. The fourth-order valence-electron chi connectivity index (χ4n) is 3.18. The first-order chi connectivity index (χ1) is 12.1. The summed E-state index contributed by atoms with van der Waals surface area (Å²) in [5.74, 6) is 0.508. The Labute approximate surface area is 146 Å². The third kappa shape index (κ3) is 5.00. The van der Waals surface area contributed by atoms with Gasteiger partial charge in [-0.15, -0.1) is 0 Å². The van der Waals surface area contributed by atoms with Crippen molar-refractivity contribution in [3.05, 3.63) is 46.8 Å². The zero-order chi connectivity index (χ0) is 17.6. The number of aromatic amines is 1. The maximum absolute atomic E-state index is 12.1. The normalized spacial score (nSPS) is 20.2. The van der Waals surface area contributed by atoms with Crippen molar-refractivity contribution in [3.63, 3.8) is 0 Å². The Hall–Kier alpha value is -2.47. The van der Waals surface area contributed by atoms with Gasteiger partial charge in [0.05, 0.1) is 11.8 Å². The van der Waals surface area contributed by atoms with Gasteiger partial charge in [-0.25, -0.2) is 5.10 Å². The van der Waals surface area contributed by atoms with Crippen LogP contribution in [0.4, 0.5) is 5.69 Å². The number of amides is 1. The minimum absolute atomic E-state index is 0.0680. The number of hydrogen-bond acceptors (Lipinski definition) is 4. The number of nitrogens with one attached hydrogen (secondary N) is 2. The molecule has 1 saturated carbocycles. The summed E-state index contributed by atoms with van der Waals surface area (Å²) in [6.45, 7) is 2.30. The van der Waals surface area contributed by atoms with Crippen molar-refractivity contribution < 1.29 is 9.53 Å². The molecule has 2 N–H and O–H groups in total. The maximum Gasteiger partial charge on any atom is 0.264 e. The molecule has 1 aliphatic rings. The topological polar surface area (TPSA) is 84.1 Å². The summed E-state index contributed by atoms with van der Waals surface area (Å²) in [7, 11) is 0. The zero-order valence-electron chi connectivity index (χ0n) is 14.3. The van der Waals surface area contributed by atoms with E-state index in [1.54, 1.807) is 6.07 Å². The van der Waals surface area contributed by atoms with Gasteiger partial charge >= 0.3 is 0 Å². The van der Waals surface area contributed by atoms with Crippen LogP contribution in [0.5, 0.6) is 0 Å². The van der Waals surface area contributed by atoms with Gasteiger partial charge in [0.2, 0.25) is 5.91 Å². The van der Waals surface area contributed by atoms with E-state index in [-0.39, 0.29) is 24.2 Å². The molecule has 132 valence electrons. The van der Waals surface area contributed by atoms with Crippen LogP contribution in [0, 0.1) is 5.92 Å². The van der Waals surface area contributed by atoms with Gasteiger partial charge < -0.3 is 10.1 Å². The highest BCUT2D eigenvalue weighted by molar-refractivity contribution is 5.92. The number of carbonyl (C=O) groups is 1. The van der Waals surface area contributed by atoms with E-state index in [0.29, 0.717) is 17.3 Å². The molecule has 0 saturated heterocycles. The lowest BCUT2D eigenvalue weighted by atomic mass is 9.89. The lowest BCUT2D eigenvalue weighted by Gasteiger charge is -2.26. The molecular formula is C19H23N3O3. The second-order valence-corrected chi connectivity index (χ2v) is 6.64. The van der Waals surface area contributed by atoms with Crippen LogP contribution < -0.4 is 10.9 Å². The molecule has 1 aromatic heterocycles. The summed E-state index contributed by atoms with van der Waals surface area (Å²) < 4.78 is 5.75. The quantitative estimate of drug-likeness (QED) is 0.876. The van der Waals surface area contributed by atoms with Gasteiger partial charge in [0.15, 0.2) is 0 Å². The van der Waals surface area contributed by atoms with Crippen LogP contribution in [0.3, 0.4) is 0 Å². The molecule has 2 aromatic rings. The van der Waals surface area contributed by atoms with Gasteiger partial charge in [0, 0.05) is 17.3 Å². The van der Waals surface area contributed by atoms with E-state index in [9.17, 15) is 9.59 Å². The smallest absolute Gasteiger partial charge is 0.264 e. The van der Waals surface area contributed by atoms with E-state index < -0.39 is 0 Å². The number of aromatic nitrogens is 2. The van der Waals surface area contributed by atoms with Gasteiger partial charge in [0.1, 0.15) is 6.61 Å². The van der Waals surface area contributed by atoms with Crippen molar-refractivity contribution in [2.75, 3.05) is 11.9 Å². The van der Waals surface area contributed by atoms with Crippen LogP contribution in [-0.4, -0.2) is 28.8 Å². The van der Waals surface area contributed by atoms with E-state index in [4.69, 9.17) is 4.74 Å². The van der Waals surface area contributed by atoms with E-state index >= 15 is 0 Å². The molecule has 6 nitrogen and oxygen atoms in total. The molecule has 0 spiro atoms. The summed E-state index contributed by atoms with van der Waals surface area (Å²) in [5, 5.41) is 9.25. The summed E-state index contributed by atoms with van der Waals surface area (Å²) >= 11 is 0. The highest BCUT2D eigenvalue weighted by Crippen LogP contribution is 2.25. The lowest BCUT2D eigenvalue weighted by Crippen LogP contribution is -2.26. The number of rotatable bonds is 5. The Bertz CT molecular complexity index is 767. The summed E-state index contributed by atoms with van der Waals surface area (Å²) in [4.78, 5) is 23.2. The summed E-state index contributed by atoms with van der Waals surface area (Å²) in [5.41, 5.74) is 1.89. The molecule has 1 aliphatic carbocycles. The number of benzene rings is 1. The molecule has 0 radical (unpaired) electrons. The van der Waals surface area contributed by atoms with Crippen LogP contribution in [0.1, 0.15) is 32.6 Å². The van der Waals surface area contributed by atoms with Crippen LogP contribution in [0.25, 0.3) is 11.3 Å². The van der Waals surface area contributed by atoms with Crippen LogP contribution >= 0.6 is 0 Å². The van der Waals surface area contributed by atoms with Crippen LogP contribution in [-0.2, 0) is 9.53 Å². The van der Waals surface area contributed by atoms with E-state index in [1.807, 2.05) is 24.3 Å². The highest BCUT2D eigenvalue weighted by atomic mass is 16.5. The first kappa shape index (κ1) is 17.4. The Morgan fingerprint density at radius 3 is 2.96 bits per heavy atom. The second-order valence-electron chi connectivity index (χ2n) is 6.64.